The molecule has 2 aromatic carbocycles. The third-order valence-electron chi connectivity index (χ3n) is 3.52. The molecule has 0 radical (unpaired) electrons. The molecule has 0 aliphatic carbocycles. The predicted molar refractivity (Wildman–Crippen MR) is 97.0 cm³/mol. The lowest BCUT2D eigenvalue weighted by molar-refractivity contribution is -0.135. The number of ether oxygens (including phenoxy) is 2. The average Bonchev–Trinajstić information content (AvgIpc) is 2.66. The van der Waals surface area contributed by atoms with E-state index in [1.54, 1.807) is 43.3 Å². The third kappa shape index (κ3) is 4.25. The highest BCUT2D eigenvalue weighted by atomic mass is 16.5. The second-order valence-corrected chi connectivity index (χ2v) is 5.41. The number of rotatable bonds is 5. The fourth-order valence-electron chi connectivity index (χ4n) is 2.25. The van der Waals surface area contributed by atoms with Gasteiger partial charge in [-0.1, -0.05) is 49.0 Å². The van der Waals surface area contributed by atoms with Crippen molar-refractivity contribution in [2.45, 2.75) is 6.92 Å². The zero-order valence-corrected chi connectivity index (χ0v) is 14.5. The summed E-state index contributed by atoms with van der Waals surface area (Å²) in [6.45, 7) is 5.09. The molecule has 130 valence electrons. The molecule has 0 amide bonds. The molecule has 5 nitrogen and oxygen atoms in total. The van der Waals surface area contributed by atoms with Crippen molar-refractivity contribution in [3.05, 3.63) is 83.4 Å². The van der Waals surface area contributed by atoms with E-state index in [0.29, 0.717) is 22.4 Å². The molecule has 0 atom stereocenters. The van der Waals surface area contributed by atoms with Gasteiger partial charge >= 0.3 is 11.9 Å². The zero-order valence-electron chi connectivity index (χ0n) is 14.5. The molecule has 5 heteroatoms. The lowest BCUT2D eigenvalue weighted by Crippen LogP contribution is -2.08. The molecular formula is C21H17NO4. The first-order valence-corrected chi connectivity index (χ1v) is 7.74. The predicted octanol–water partition coefficient (Wildman–Crippen LogP) is 3.67. The Morgan fingerprint density at radius 3 is 2.04 bits per heavy atom. The van der Waals surface area contributed by atoms with Crippen molar-refractivity contribution in [2.75, 3.05) is 7.11 Å². The van der Waals surface area contributed by atoms with E-state index in [2.05, 4.69) is 6.58 Å². The summed E-state index contributed by atoms with van der Waals surface area (Å²) in [6.07, 6.45) is 0. The second kappa shape index (κ2) is 8.45. The molecule has 0 heterocycles. The van der Waals surface area contributed by atoms with Crippen LogP contribution in [0.25, 0.3) is 5.57 Å². The molecule has 26 heavy (non-hydrogen) atoms. The maximum atomic E-state index is 12.0. The van der Waals surface area contributed by atoms with Gasteiger partial charge in [-0.05, 0) is 30.2 Å². The van der Waals surface area contributed by atoms with Crippen LogP contribution in [0.15, 0.2) is 72.3 Å². The second-order valence-electron chi connectivity index (χ2n) is 5.41. The van der Waals surface area contributed by atoms with Crippen LogP contribution in [0.1, 0.15) is 18.1 Å². The highest BCUT2D eigenvalue weighted by molar-refractivity contribution is 6.05. The van der Waals surface area contributed by atoms with Crippen molar-refractivity contribution in [2.24, 2.45) is 0 Å². The zero-order chi connectivity index (χ0) is 19.1. The average molecular weight is 347 g/mol. The number of esters is 2. The van der Waals surface area contributed by atoms with Crippen LogP contribution in [-0.2, 0) is 14.3 Å². The summed E-state index contributed by atoms with van der Waals surface area (Å²) in [5.41, 5.74) is 1.94. The molecule has 2 aromatic rings. The van der Waals surface area contributed by atoms with Gasteiger partial charge in [0.1, 0.15) is 17.4 Å². The van der Waals surface area contributed by atoms with E-state index in [0.717, 1.165) is 0 Å². The molecule has 0 aliphatic heterocycles. The number of carbonyl (C=O) groups excluding carboxylic acids is 2. The van der Waals surface area contributed by atoms with Gasteiger partial charge < -0.3 is 9.47 Å². The smallest absolute Gasteiger partial charge is 0.349 e. The maximum absolute atomic E-state index is 12.0. The highest BCUT2D eigenvalue weighted by Gasteiger charge is 2.19. The van der Waals surface area contributed by atoms with Gasteiger partial charge in [-0.3, -0.25) is 0 Å². The van der Waals surface area contributed by atoms with Crippen molar-refractivity contribution in [1.82, 2.24) is 0 Å². The van der Waals surface area contributed by atoms with Gasteiger partial charge in [0.05, 0.1) is 7.11 Å². The van der Waals surface area contributed by atoms with Gasteiger partial charge in [0.2, 0.25) is 0 Å². The highest BCUT2D eigenvalue weighted by Crippen LogP contribution is 2.29. The maximum Gasteiger partial charge on any atom is 0.349 e. The molecule has 0 N–H and O–H groups in total. The summed E-state index contributed by atoms with van der Waals surface area (Å²) in [5, 5.41) is 9.47. The Morgan fingerprint density at radius 1 is 0.962 bits per heavy atom. The Bertz CT molecular complexity index is 903. The van der Waals surface area contributed by atoms with Crippen LogP contribution in [0.2, 0.25) is 0 Å². The number of benzene rings is 2. The van der Waals surface area contributed by atoms with E-state index in [1.807, 2.05) is 24.3 Å². The van der Waals surface area contributed by atoms with E-state index in [4.69, 9.17) is 9.47 Å². The number of carbonyl (C=O) groups is 2. The lowest BCUT2D eigenvalue weighted by Gasteiger charge is -2.12. The van der Waals surface area contributed by atoms with Gasteiger partial charge in [0.15, 0.2) is 0 Å². The summed E-state index contributed by atoms with van der Waals surface area (Å²) < 4.78 is 9.89. The minimum atomic E-state index is -0.718. The standard InChI is InChI=1S/C21H17NO4/c1-14(2)20(23)26-17-11-9-16(10-12-17)19(15-7-5-4-6-8-15)18(13-22)21(24)25-3/h4-12H,1H2,2-3H3/b19-18-. The Labute approximate surface area is 151 Å². The summed E-state index contributed by atoms with van der Waals surface area (Å²) >= 11 is 0. The van der Waals surface area contributed by atoms with E-state index in [1.165, 1.54) is 7.11 Å². The van der Waals surface area contributed by atoms with E-state index in [-0.39, 0.29) is 11.1 Å². The third-order valence-corrected chi connectivity index (χ3v) is 3.52. The largest absolute Gasteiger partial charge is 0.465 e. The monoisotopic (exact) mass is 347 g/mol. The van der Waals surface area contributed by atoms with Gasteiger partial charge in [0.25, 0.3) is 0 Å². The quantitative estimate of drug-likeness (QED) is 0.357. The molecule has 0 aromatic heterocycles. The van der Waals surface area contributed by atoms with Gasteiger partial charge in [-0.25, -0.2) is 9.59 Å². The van der Waals surface area contributed by atoms with Gasteiger partial charge in [-0.2, -0.15) is 5.26 Å². The first-order chi connectivity index (χ1) is 12.5. The minimum absolute atomic E-state index is 0.106. The van der Waals surface area contributed by atoms with E-state index in [9.17, 15) is 14.9 Å². The Morgan fingerprint density at radius 2 is 1.54 bits per heavy atom. The number of hydrogen-bond donors (Lipinski definition) is 0. The molecule has 0 spiro atoms. The lowest BCUT2D eigenvalue weighted by atomic mass is 9.93. The van der Waals surface area contributed by atoms with Crippen LogP contribution in [0.5, 0.6) is 5.75 Å². The summed E-state index contributed by atoms with van der Waals surface area (Å²) in [7, 11) is 1.22. The van der Waals surface area contributed by atoms with Crippen LogP contribution in [-0.4, -0.2) is 19.0 Å². The van der Waals surface area contributed by atoms with Gasteiger partial charge in [0, 0.05) is 11.1 Å². The molecule has 0 fully saturated rings. The fraction of sp³-hybridized carbons (Fsp3) is 0.0952. The molecular weight excluding hydrogens is 330 g/mol. The molecule has 0 aliphatic rings. The van der Waals surface area contributed by atoms with Crippen LogP contribution < -0.4 is 4.74 Å². The molecule has 0 saturated heterocycles. The van der Waals surface area contributed by atoms with Crippen LogP contribution in [0, 0.1) is 11.3 Å². The Balaban J connectivity index is 2.52. The fourth-order valence-corrected chi connectivity index (χ4v) is 2.25. The van der Waals surface area contributed by atoms with Crippen molar-refractivity contribution in [1.29, 1.82) is 5.26 Å². The van der Waals surface area contributed by atoms with Crippen molar-refractivity contribution in [3.63, 3.8) is 0 Å². The molecule has 0 unspecified atom stereocenters. The number of nitrogens with zero attached hydrogens (tertiary/aromatic N) is 1. The summed E-state index contributed by atoms with van der Waals surface area (Å²) in [5.74, 6) is -0.904. The number of methoxy groups -OCH3 is 1. The Hall–Kier alpha value is -3.65. The number of nitriles is 1. The normalized spacial score (nSPS) is 11.0. The molecule has 2 rings (SSSR count). The minimum Gasteiger partial charge on any atom is -0.465 e. The topological polar surface area (TPSA) is 76.4 Å². The van der Waals surface area contributed by atoms with Crippen molar-refractivity contribution in [3.8, 4) is 11.8 Å². The van der Waals surface area contributed by atoms with Gasteiger partial charge in [-0.15, -0.1) is 0 Å². The van der Waals surface area contributed by atoms with Crippen molar-refractivity contribution >= 4 is 17.5 Å². The molecule has 0 bridgehead atoms. The van der Waals surface area contributed by atoms with Crippen molar-refractivity contribution < 1.29 is 19.1 Å². The first-order valence-electron chi connectivity index (χ1n) is 7.74. The van der Waals surface area contributed by atoms with E-state index < -0.39 is 11.9 Å². The van der Waals surface area contributed by atoms with Crippen LogP contribution in [0.3, 0.4) is 0 Å². The Kier molecular flexibility index (Phi) is 6.07. The first kappa shape index (κ1) is 18.7. The van der Waals surface area contributed by atoms with Crippen LogP contribution in [0.4, 0.5) is 0 Å². The summed E-state index contributed by atoms with van der Waals surface area (Å²) in [6, 6.07) is 17.5. The number of hydrogen-bond acceptors (Lipinski definition) is 5. The summed E-state index contributed by atoms with van der Waals surface area (Å²) in [4.78, 5) is 23.6. The SMILES string of the molecule is C=C(C)C(=O)Oc1ccc(/C(=C(/C#N)C(=O)OC)c2ccccc2)cc1. The van der Waals surface area contributed by atoms with Crippen LogP contribution >= 0.6 is 0 Å². The molecule has 0 saturated carbocycles. The van der Waals surface area contributed by atoms with E-state index >= 15 is 0 Å².